The van der Waals surface area contributed by atoms with Gasteiger partial charge in [-0.25, -0.2) is 9.97 Å². The van der Waals surface area contributed by atoms with Gasteiger partial charge < -0.3 is 5.32 Å². The number of alkyl halides is 6. The Bertz CT molecular complexity index is 1550. The van der Waals surface area contributed by atoms with E-state index < -0.39 is 41.1 Å². The lowest BCUT2D eigenvalue weighted by Gasteiger charge is -2.18. The van der Waals surface area contributed by atoms with E-state index in [1.54, 1.807) is 0 Å². The van der Waals surface area contributed by atoms with Gasteiger partial charge in [0.15, 0.2) is 0 Å². The van der Waals surface area contributed by atoms with Gasteiger partial charge in [-0.15, -0.1) is 0 Å². The van der Waals surface area contributed by atoms with Crippen LogP contribution in [0.1, 0.15) is 41.9 Å². The number of amides is 1. The van der Waals surface area contributed by atoms with Crippen LogP contribution in [0.25, 0.3) is 11.0 Å². The van der Waals surface area contributed by atoms with E-state index in [4.69, 9.17) is 0 Å². The van der Waals surface area contributed by atoms with Crippen molar-refractivity contribution < 1.29 is 31.1 Å². The first-order valence-corrected chi connectivity index (χ1v) is 11.3. The molecule has 0 aliphatic carbocycles. The number of carbonyl (C=O) groups excluding carboxylic acids is 1. The Morgan fingerprint density at radius 1 is 0.974 bits per heavy atom. The molecule has 0 unspecified atom stereocenters. The van der Waals surface area contributed by atoms with E-state index in [1.807, 2.05) is 0 Å². The molecular weight excluding hydrogens is 514 g/mol. The highest BCUT2D eigenvalue weighted by Crippen LogP contribution is 2.31. The molecule has 4 aromatic rings. The van der Waals surface area contributed by atoms with Crippen LogP contribution in [0.15, 0.2) is 71.7 Å². The molecule has 1 amide bonds. The SMILES string of the molecule is C[C@@H](c1cccc(C(F)(F)F)n1)n1c(=O)cnc2cc(NC(=O)CCc3cccc(C(F)(F)F)c3)ccc21. The first kappa shape index (κ1) is 26.8. The summed E-state index contributed by atoms with van der Waals surface area (Å²) in [5.74, 6) is -0.448. The van der Waals surface area contributed by atoms with Gasteiger partial charge in [-0.2, -0.15) is 26.3 Å². The molecule has 0 radical (unpaired) electrons. The van der Waals surface area contributed by atoms with Crippen molar-refractivity contribution in [3.8, 4) is 0 Å². The third-order valence-corrected chi connectivity index (χ3v) is 5.84. The molecule has 0 bridgehead atoms. The predicted octanol–water partition coefficient (Wildman–Crippen LogP) is 6.01. The fourth-order valence-electron chi connectivity index (χ4n) is 3.97. The molecule has 1 atom stereocenters. The van der Waals surface area contributed by atoms with Gasteiger partial charge in [-0.1, -0.05) is 24.3 Å². The minimum Gasteiger partial charge on any atom is -0.326 e. The number of carbonyl (C=O) groups is 1. The third-order valence-electron chi connectivity index (χ3n) is 5.84. The molecule has 38 heavy (non-hydrogen) atoms. The molecule has 1 N–H and O–H groups in total. The highest BCUT2D eigenvalue weighted by Gasteiger charge is 2.33. The summed E-state index contributed by atoms with van der Waals surface area (Å²) in [6, 6.07) is 11.8. The second-order valence-electron chi connectivity index (χ2n) is 8.54. The molecule has 0 fully saturated rings. The van der Waals surface area contributed by atoms with E-state index in [9.17, 15) is 35.9 Å². The summed E-state index contributed by atoms with van der Waals surface area (Å²) in [4.78, 5) is 32.8. The van der Waals surface area contributed by atoms with Crippen LogP contribution >= 0.6 is 0 Å². The van der Waals surface area contributed by atoms with Gasteiger partial charge in [0.2, 0.25) is 5.91 Å². The number of rotatable bonds is 6. The number of benzene rings is 2. The molecule has 0 spiro atoms. The Hall–Kier alpha value is -4.22. The first-order chi connectivity index (χ1) is 17.8. The molecule has 0 saturated carbocycles. The fourth-order valence-corrected chi connectivity index (χ4v) is 3.97. The fraction of sp³-hybridized carbons (Fsp3) is 0.231. The Balaban J connectivity index is 1.53. The van der Waals surface area contributed by atoms with E-state index >= 15 is 0 Å². The molecule has 4 rings (SSSR count). The lowest BCUT2D eigenvalue weighted by Crippen LogP contribution is -2.25. The maximum Gasteiger partial charge on any atom is 0.433 e. The van der Waals surface area contributed by atoms with E-state index in [-0.39, 0.29) is 18.5 Å². The summed E-state index contributed by atoms with van der Waals surface area (Å²) in [6.07, 6.45) is -8.10. The average molecular weight is 534 g/mol. The van der Waals surface area contributed by atoms with E-state index in [0.717, 1.165) is 24.4 Å². The molecule has 2 aromatic heterocycles. The monoisotopic (exact) mass is 534 g/mol. The van der Waals surface area contributed by atoms with E-state index in [0.29, 0.717) is 22.3 Å². The van der Waals surface area contributed by atoms with Crippen LogP contribution in [-0.2, 0) is 23.6 Å². The number of nitrogens with zero attached hydrogens (tertiary/aromatic N) is 3. The number of aromatic nitrogens is 3. The summed E-state index contributed by atoms with van der Waals surface area (Å²) < 4.78 is 79.3. The molecule has 0 aliphatic heterocycles. The van der Waals surface area contributed by atoms with Crippen molar-refractivity contribution in [3.63, 3.8) is 0 Å². The van der Waals surface area contributed by atoms with Gasteiger partial charge in [0.1, 0.15) is 5.69 Å². The van der Waals surface area contributed by atoms with Crippen LogP contribution in [-0.4, -0.2) is 20.4 Å². The van der Waals surface area contributed by atoms with Crippen LogP contribution in [0.2, 0.25) is 0 Å². The van der Waals surface area contributed by atoms with Gasteiger partial charge in [0, 0.05) is 12.1 Å². The summed E-state index contributed by atoms with van der Waals surface area (Å²) in [5, 5.41) is 2.64. The number of anilines is 1. The minimum atomic E-state index is -4.64. The molecule has 198 valence electrons. The van der Waals surface area contributed by atoms with Gasteiger partial charge in [0.25, 0.3) is 5.56 Å². The summed E-state index contributed by atoms with van der Waals surface area (Å²) in [6.45, 7) is 1.53. The van der Waals surface area contributed by atoms with Gasteiger partial charge in [-0.05, 0) is 55.3 Å². The Labute approximate surface area is 212 Å². The largest absolute Gasteiger partial charge is 0.433 e. The summed E-state index contributed by atoms with van der Waals surface area (Å²) >= 11 is 0. The lowest BCUT2D eigenvalue weighted by molar-refractivity contribution is -0.141. The standard InChI is InChI=1S/C26H20F6N4O2/c1-15(19-6-3-7-22(35-19)26(30,31)32)36-21-10-9-18(13-20(21)33-14-24(36)38)34-23(37)11-8-16-4-2-5-17(12-16)25(27,28)29/h2-7,9-10,12-15H,8,11H2,1H3,(H,34,37)/t15-/m0/s1. The Morgan fingerprint density at radius 2 is 1.71 bits per heavy atom. The Kier molecular flexibility index (Phi) is 7.25. The van der Waals surface area contributed by atoms with Gasteiger partial charge in [-0.3, -0.25) is 14.2 Å². The number of aryl methyl sites for hydroxylation is 1. The number of hydrogen-bond acceptors (Lipinski definition) is 4. The number of halogens is 6. The highest BCUT2D eigenvalue weighted by molar-refractivity contribution is 5.93. The highest BCUT2D eigenvalue weighted by atomic mass is 19.4. The van der Waals surface area contributed by atoms with Crippen LogP contribution in [0, 0.1) is 0 Å². The van der Waals surface area contributed by atoms with Crippen molar-refractivity contribution in [2.24, 2.45) is 0 Å². The second kappa shape index (κ2) is 10.3. The van der Waals surface area contributed by atoms with E-state index in [2.05, 4.69) is 15.3 Å². The van der Waals surface area contributed by atoms with Crippen LogP contribution in [0.4, 0.5) is 32.0 Å². The normalized spacial score (nSPS) is 12.9. The number of nitrogens with one attached hydrogen (secondary N) is 1. The van der Waals surface area contributed by atoms with Crippen LogP contribution in [0.5, 0.6) is 0 Å². The molecule has 0 saturated heterocycles. The minimum absolute atomic E-state index is 0.0291. The zero-order valence-corrected chi connectivity index (χ0v) is 19.8. The van der Waals surface area contributed by atoms with Crippen LogP contribution in [0.3, 0.4) is 0 Å². The quantitative estimate of drug-likeness (QED) is 0.308. The average Bonchev–Trinajstić information content (AvgIpc) is 2.86. The molecule has 0 aliphatic rings. The van der Waals surface area contributed by atoms with Crippen molar-refractivity contribution in [3.05, 3.63) is 99.7 Å². The second-order valence-corrected chi connectivity index (χ2v) is 8.54. The molecule has 12 heteroatoms. The van der Waals surface area contributed by atoms with Crippen LogP contribution < -0.4 is 10.9 Å². The van der Waals surface area contributed by atoms with Gasteiger partial charge >= 0.3 is 12.4 Å². The first-order valence-electron chi connectivity index (χ1n) is 11.3. The van der Waals surface area contributed by atoms with Crippen molar-refractivity contribution in [1.29, 1.82) is 0 Å². The molecule has 2 aromatic carbocycles. The maximum absolute atomic E-state index is 13.1. The van der Waals surface area contributed by atoms with Crippen molar-refractivity contribution in [2.45, 2.75) is 38.2 Å². The molecule has 6 nitrogen and oxygen atoms in total. The third kappa shape index (κ3) is 6.01. The zero-order valence-electron chi connectivity index (χ0n) is 19.8. The smallest absolute Gasteiger partial charge is 0.326 e. The number of pyridine rings is 1. The molecular formula is C26H20F6N4O2. The van der Waals surface area contributed by atoms with Crippen molar-refractivity contribution in [2.75, 3.05) is 5.32 Å². The Morgan fingerprint density at radius 3 is 2.42 bits per heavy atom. The maximum atomic E-state index is 13.1. The van der Waals surface area contributed by atoms with Crippen molar-refractivity contribution in [1.82, 2.24) is 14.5 Å². The molecule has 2 heterocycles. The number of hydrogen-bond donors (Lipinski definition) is 1. The summed E-state index contributed by atoms with van der Waals surface area (Å²) in [7, 11) is 0. The zero-order chi connectivity index (χ0) is 27.7. The predicted molar refractivity (Wildman–Crippen MR) is 127 cm³/mol. The lowest BCUT2D eigenvalue weighted by atomic mass is 10.1. The topological polar surface area (TPSA) is 76.9 Å². The van der Waals surface area contributed by atoms with Crippen molar-refractivity contribution >= 4 is 22.6 Å². The number of fused-ring (bicyclic) bond motifs is 1. The summed E-state index contributed by atoms with van der Waals surface area (Å²) in [5.41, 5.74) is -1.11. The van der Waals surface area contributed by atoms with Gasteiger partial charge in [0.05, 0.1) is 34.5 Å². The van der Waals surface area contributed by atoms with E-state index in [1.165, 1.54) is 54.0 Å².